The van der Waals surface area contributed by atoms with Crippen LogP contribution < -0.4 is 0 Å². The highest BCUT2D eigenvalue weighted by Gasteiger charge is 2.82. The Bertz CT molecular complexity index is 555. The highest BCUT2D eigenvalue weighted by atomic mass is 16.6. The Morgan fingerprint density at radius 1 is 1.23 bits per heavy atom. The Morgan fingerprint density at radius 3 is 2.45 bits per heavy atom. The molecule has 0 amide bonds. The monoisotopic (exact) mass is 308 g/mol. The fraction of sp³-hybridized carbons (Fsp3) is 0.765. The van der Waals surface area contributed by atoms with Crippen molar-refractivity contribution >= 4 is 11.9 Å². The SMILES string of the molecule is C=C(C)[C@@]12C[C@H]3[C@H](OC(C)=O)C[C@]1(C)OC[C@]32COC(C)=O. The fourth-order valence-electron chi connectivity index (χ4n) is 5.43. The van der Waals surface area contributed by atoms with Crippen molar-refractivity contribution in [1.29, 1.82) is 0 Å². The maximum atomic E-state index is 11.4. The molecule has 5 heteroatoms. The van der Waals surface area contributed by atoms with Crippen LogP contribution in [-0.4, -0.2) is 36.9 Å². The summed E-state index contributed by atoms with van der Waals surface area (Å²) < 4.78 is 17.1. The molecular formula is C17H24O5. The first kappa shape index (κ1) is 15.5. The van der Waals surface area contributed by atoms with Crippen molar-refractivity contribution in [3.05, 3.63) is 12.2 Å². The van der Waals surface area contributed by atoms with Gasteiger partial charge in [0.2, 0.25) is 0 Å². The lowest BCUT2D eigenvalue weighted by Gasteiger charge is -2.69. The molecule has 1 aliphatic heterocycles. The summed E-state index contributed by atoms with van der Waals surface area (Å²) in [4.78, 5) is 22.8. The quantitative estimate of drug-likeness (QED) is 0.589. The van der Waals surface area contributed by atoms with Gasteiger partial charge in [-0.2, -0.15) is 0 Å². The summed E-state index contributed by atoms with van der Waals surface area (Å²) in [7, 11) is 0. The lowest BCUT2D eigenvalue weighted by atomic mass is 9.34. The third-order valence-corrected chi connectivity index (χ3v) is 6.26. The summed E-state index contributed by atoms with van der Waals surface area (Å²) in [6.45, 7) is 12.0. The van der Waals surface area contributed by atoms with Crippen molar-refractivity contribution in [3.63, 3.8) is 0 Å². The van der Waals surface area contributed by atoms with Crippen LogP contribution in [0.15, 0.2) is 12.2 Å². The highest BCUT2D eigenvalue weighted by molar-refractivity contribution is 5.67. The molecular weight excluding hydrogens is 284 g/mol. The van der Waals surface area contributed by atoms with E-state index in [-0.39, 0.29) is 34.8 Å². The smallest absolute Gasteiger partial charge is 0.302 e. The Hall–Kier alpha value is -1.36. The minimum absolute atomic E-state index is 0.156. The topological polar surface area (TPSA) is 61.8 Å². The summed E-state index contributed by atoms with van der Waals surface area (Å²) in [5.41, 5.74) is 0.125. The largest absolute Gasteiger partial charge is 0.465 e. The predicted octanol–water partition coefficient (Wildman–Crippen LogP) is 2.24. The molecule has 0 aromatic rings. The van der Waals surface area contributed by atoms with Gasteiger partial charge in [-0.05, 0) is 20.3 Å². The summed E-state index contributed by atoms with van der Waals surface area (Å²) >= 11 is 0. The van der Waals surface area contributed by atoms with Gasteiger partial charge in [0.1, 0.15) is 12.7 Å². The number of carbonyl (C=O) groups is 2. The maximum Gasteiger partial charge on any atom is 0.302 e. The summed E-state index contributed by atoms with van der Waals surface area (Å²) in [6, 6.07) is 0. The molecule has 3 rings (SSSR count). The zero-order chi connectivity index (χ0) is 16.3. The molecule has 5 atom stereocenters. The van der Waals surface area contributed by atoms with E-state index >= 15 is 0 Å². The van der Waals surface area contributed by atoms with Crippen LogP contribution in [0, 0.1) is 16.7 Å². The van der Waals surface area contributed by atoms with Gasteiger partial charge < -0.3 is 14.2 Å². The number of carbonyl (C=O) groups excluding carboxylic acids is 2. The van der Waals surface area contributed by atoms with Crippen molar-refractivity contribution in [1.82, 2.24) is 0 Å². The fourth-order valence-corrected chi connectivity index (χ4v) is 5.43. The summed E-state index contributed by atoms with van der Waals surface area (Å²) in [5, 5.41) is 0. The first-order chi connectivity index (χ1) is 10.2. The second-order valence-electron chi connectivity index (χ2n) is 7.30. The number of esters is 2. The second-order valence-corrected chi connectivity index (χ2v) is 7.30. The molecule has 0 N–H and O–H groups in total. The highest BCUT2D eigenvalue weighted by Crippen LogP contribution is 2.78. The predicted molar refractivity (Wildman–Crippen MR) is 78.9 cm³/mol. The second kappa shape index (κ2) is 4.57. The zero-order valence-electron chi connectivity index (χ0n) is 13.7. The molecule has 2 aliphatic carbocycles. The van der Waals surface area contributed by atoms with E-state index in [0.717, 1.165) is 12.0 Å². The molecule has 3 fully saturated rings. The minimum Gasteiger partial charge on any atom is -0.465 e. The van der Waals surface area contributed by atoms with Crippen LogP contribution in [0.5, 0.6) is 0 Å². The standard InChI is InChI=1S/C17H24O5/c1-10(2)17-6-13-14(22-12(4)19)7-15(17,5)21-9-16(13,17)8-20-11(3)18/h13-14H,1,6-9H2,2-5H3/t13-,14+,15-,16+,17-/m0/s1. The van der Waals surface area contributed by atoms with Crippen molar-refractivity contribution < 1.29 is 23.8 Å². The number of fused-ring (bicyclic) bond motifs is 2. The molecule has 0 unspecified atom stereocenters. The number of hydrogen-bond acceptors (Lipinski definition) is 5. The van der Waals surface area contributed by atoms with Crippen LogP contribution >= 0.6 is 0 Å². The van der Waals surface area contributed by atoms with E-state index in [9.17, 15) is 9.59 Å². The molecule has 2 bridgehead atoms. The molecule has 122 valence electrons. The summed E-state index contributed by atoms with van der Waals surface area (Å²) in [5.74, 6) is -0.415. The van der Waals surface area contributed by atoms with Crippen molar-refractivity contribution in [2.75, 3.05) is 13.2 Å². The normalized spacial score (nSPS) is 44.9. The maximum absolute atomic E-state index is 11.4. The van der Waals surface area contributed by atoms with Gasteiger partial charge in [0.05, 0.1) is 12.2 Å². The molecule has 0 spiro atoms. The molecule has 3 aliphatic rings. The van der Waals surface area contributed by atoms with Crippen LogP contribution in [-0.2, 0) is 23.8 Å². The molecule has 1 saturated heterocycles. The van der Waals surface area contributed by atoms with Gasteiger partial charge >= 0.3 is 11.9 Å². The van der Waals surface area contributed by atoms with Crippen LogP contribution in [0.2, 0.25) is 0 Å². The number of rotatable bonds is 4. The first-order valence-electron chi connectivity index (χ1n) is 7.79. The molecule has 0 aromatic carbocycles. The van der Waals surface area contributed by atoms with Crippen LogP contribution in [0.3, 0.4) is 0 Å². The van der Waals surface area contributed by atoms with Crippen molar-refractivity contribution in [2.24, 2.45) is 16.7 Å². The van der Waals surface area contributed by atoms with Crippen LogP contribution in [0.4, 0.5) is 0 Å². The van der Waals surface area contributed by atoms with Gasteiger partial charge in [-0.25, -0.2) is 0 Å². The third kappa shape index (κ3) is 1.63. The number of ether oxygens (including phenoxy) is 3. The van der Waals surface area contributed by atoms with E-state index in [1.165, 1.54) is 13.8 Å². The first-order valence-corrected chi connectivity index (χ1v) is 7.79. The van der Waals surface area contributed by atoms with Gasteiger partial charge in [-0.1, -0.05) is 12.2 Å². The minimum atomic E-state index is -0.423. The van der Waals surface area contributed by atoms with E-state index in [2.05, 4.69) is 13.5 Å². The Balaban J connectivity index is 1.99. The van der Waals surface area contributed by atoms with Crippen LogP contribution in [0.1, 0.15) is 40.5 Å². The van der Waals surface area contributed by atoms with Crippen LogP contribution in [0.25, 0.3) is 0 Å². The van der Waals surface area contributed by atoms with E-state index in [4.69, 9.17) is 14.2 Å². The average Bonchev–Trinajstić information content (AvgIpc) is 2.47. The molecule has 5 nitrogen and oxygen atoms in total. The lowest BCUT2D eigenvalue weighted by Crippen LogP contribution is -2.73. The van der Waals surface area contributed by atoms with E-state index in [1.54, 1.807) is 0 Å². The van der Waals surface area contributed by atoms with E-state index in [1.807, 2.05) is 6.92 Å². The molecule has 22 heavy (non-hydrogen) atoms. The van der Waals surface area contributed by atoms with E-state index in [0.29, 0.717) is 19.6 Å². The number of hydrogen-bond donors (Lipinski definition) is 0. The van der Waals surface area contributed by atoms with Gasteiger partial charge in [0.25, 0.3) is 0 Å². The van der Waals surface area contributed by atoms with Crippen molar-refractivity contribution in [2.45, 2.75) is 52.2 Å². The molecule has 1 heterocycles. The Morgan fingerprint density at radius 2 is 1.91 bits per heavy atom. The average molecular weight is 308 g/mol. The Labute approximate surface area is 131 Å². The van der Waals surface area contributed by atoms with Gasteiger partial charge in [0, 0.05) is 37.0 Å². The van der Waals surface area contributed by atoms with Crippen molar-refractivity contribution in [3.8, 4) is 0 Å². The van der Waals surface area contributed by atoms with E-state index < -0.39 is 5.60 Å². The van der Waals surface area contributed by atoms with Gasteiger partial charge in [-0.3, -0.25) is 9.59 Å². The molecule has 2 saturated carbocycles. The third-order valence-electron chi connectivity index (χ3n) is 6.26. The molecule has 0 aromatic heterocycles. The Kier molecular flexibility index (Phi) is 3.23. The van der Waals surface area contributed by atoms with Gasteiger partial charge in [0.15, 0.2) is 0 Å². The van der Waals surface area contributed by atoms with Gasteiger partial charge in [-0.15, -0.1) is 0 Å². The lowest BCUT2D eigenvalue weighted by molar-refractivity contribution is -0.245. The zero-order valence-corrected chi connectivity index (χ0v) is 13.7. The summed E-state index contributed by atoms with van der Waals surface area (Å²) in [6.07, 6.45) is 1.37. The molecule has 0 radical (unpaired) electrons.